The van der Waals surface area contributed by atoms with Crippen molar-refractivity contribution < 1.29 is 14.3 Å². The van der Waals surface area contributed by atoms with Crippen LogP contribution in [0.5, 0.6) is 0 Å². The Hall–Kier alpha value is -1.40. The number of fused-ring (bicyclic) bond motifs is 1. The Kier molecular flexibility index (Phi) is 5.56. The molecular weight excluding hydrogens is 324 g/mol. The second kappa shape index (κ2) is 7.66. The molecule has 3 rings (SSSR count). The van der Waals surface area contributed by atoms with E-state index in [1.54, 1.807) is 18.4 Å². The number of carbonyl (C=O) groups is 2. The predicted molar refractivity (Wildman–Crippen MR) is 93.8 cm³/mol. The number of thiophene rings is 1. The fraction of sp³-hybridized carbons (Fsp3) is 0.667. The van der Waals surface area contributed by atoms with Gasteiger partial charge in [0, 0.05) is 51.0 Å². The Morgan fingerprint density at radius 1 is 1.25 bits per heavy atom. The monoisotopic (exact) mass is 350 g/mol. The molecule has 6 heteroatoms. The SMILES string of the molecule is CO[C@H]1CN(C(=O)CCC(=O)N2CCc3sccc3C2)CC[C@@H]1C. The van der Waals surface area contributed by atoms with Gasteiger partial charge in [-0.25, -0.2) is 0 Å². The van der Waals surface area contributed by atoms with Gasteiger partial charge in [-0.05, 0) is 35.8 Å². The Morgan fingerprint density at radius 2 is 2.00 bits per heavy atom. The summed E-state index contributed by atoms with van der Waals surface area (Å²) >= 11 is 1.77. The summed E-state index contributed by atoms with van der Waals surface area (Å²) in [6.07, 6.45) is 2.62. The normalized spacial score (nSPS) is 23.9. The van der Waals surface area contributed by atoms with Crippen LogP contribution in [0.15, 0.2) is 11.4 Å². The Labute approximate surface area is 147 Å². The third kappa shape index (κ3) is 3.81. The lowest BCUT2D eigenvalue weighted by atomic mass is 9.95. The zero-order valence-corrected chi connectivity index (χ0v) is 15.3. The van der Waals surface area contributed by atoms with Crippen molar-refractivity contribution in [1.82, 2.24) is 9.80 Å². The first-order valence-corrected chi connectivity index (χ1v) is 9.60. The minimum atomic E-state index is 0.0746. The van der Waals surface area contributed by atoms with Gasteiger partial charge in [0.05, 0.1) is 6.10 Å². The summed E-state index contributed by atoms with van der Waals surface area (Å²) < 4.78 is 5.46. The molecule has 0 aliphatic carbocycles. The summed E-state index contributed by atoms with van der Waals surface area (Å²) in [7, 11) is 1.70. The molecule has 0 N–H and O–H groups in total. The highest BCUT2D eigenvalue weighted by atomic mass is 32.1. The van der Waals surface area contributed by atoms with Crippen LogP contribution in [0.3, 0.4) is 0 Å². The van der Waals surface area contributed by atoms with Gasteiger partial charge in [0.25, 0.3) is 0 Å². The number of nitrogens with zero attached hydrogens (tertiary/aromatic N) is 2. The minimum Gasteiger partial charge on any atom is -0.379 e. The van der Waals surface area contributed by atoms with Gasteiger partial charge in [0.15, 0.2) is 0 Å². The van der Waals surface area contributed by atoms with Crippen LogP contribution in [0, 0.1) is 5.92 Å². The topological polar surface area (TPSA) is 49.9 Å². The number of rotatable bonds is 4. The maximum absolute atomic E-state index is 12.4. The fourth-order valence-electron chi connectivity index (χ4n) is 3.56. The van der Waals surface area contributed by atoms with Crippen molar-refractivity contribution in [2.75, 3.05) is 26.7 Å². The Balaban J connectivity index is 1.47. The molecule has 2 aliphatic rings. The van der Waals surface area contributed by atoms with E-state index in [2.05, 4.69) is 18.4 Å². The lowest BCUT2D eigenvalue weighted by Gasteiger charge is -2.36. The molecule has 0 bridgehead atoms. The second-order valence-electron chi connectivity index (χ2n) is 6.81. The Morgan fingerprint density at radius 3 is 2.75 bits per heavy atom. The van der Waals surface area contributed by atoms with E-state index in [9.17, 15) is 9.59 Å². The van der Waals surface area contributed by atoms with Gasteiger partial charge in [-0.15, -0.1) is 11.3 Å². The standard InChI is InChI=1S/C18H26N2O3S/c1-13-5-8-20(12-15(13)23-2)18(22)4-3-17(21)19-9-6-16-14(11-19)7-10-24-16/h7,10,13,15H,3-6,8-9,11-12H2,1-2H3/t13-,15-/m0/s1. The van der Waals surface area contributed by atoms with Crippen molar-refractivity contribution in [2.45, 2.75) is 45.3 Å². The average Bonchev–Trinajstić information content (AvgIpc) is 3.07. The van der Waals surface area contributed by atoms with E-state index in [1.807, 2.05) is 9.80 Å². The summed E-state index contributed by atoms with van der Waals surface area (Å²) in [5, 5.41) is 2.09. The molecule has 0 unspecified atom stereocenters. The number of likely N-dealkylation sites (tertiary alicyclic amines) is 1. The van der Waals surface area contributed by atoms with E-state index in [-0.39, 0.29) is 17.9 Å². The number of hydrogen-bond acceptors (Lipinski definition) is 4. The molecule has 24 heavy (non-hydrogen) atoms. The molecule has 3 heterocycles. The molecule has 0 saturated carbocycles. The van der Waals surface area contributed by atoms with Crippen LogP contribution in [0.1, 0.15) is 36.6 Å². The summed E-state index contributed by atoms with van der Waals surface area (Å²) in [6.45, 7) is 5.05. The van der Waals surface area contributed by atoms with Crippen LogP contribution >= 0.6 is 11.3 Å². The molecular formula is C18H26N2O3S. The summed E-state index contributed by atoms with van der Waals surface area (Å²) in [5.41, 5.74) is 1.26. The molecule has 0 aromatic carbocycles. The number of methoxy groups -OCH3 is 1. The lowest BCUT2D eigenvalue weighted by molar-refractivity contribution is -0.140. The molecule has 1 saturated heterocycles. The first kappa shape index (κ1) is 17.4. The highest BCUT2D eigenvalue weighted by Crippen LogP contribution is 2.25. The Bertz CT molecular complexity index is 601. The maximum atomic E-state index is 12.4. The van der Waals surface area contributed by atoms with E-state index >= 15 is 0 Å². The number of amides is 2. The minimum absolute atomic E-state index is 0.0746. The summed E-state index contributed by atoms with van der Waals surface area (Å²) in [6, 6.07) is 2.10. The van der Waals surface area contributed by atoms with Crippen molar-refractivity contribution >= 4 is 23.2 Å². The number of hydrogen-bond donors (Lipinski definition) is 0. The van der Waals surface area contributed by atoms with Crippen LogP contribution in [-0.4, -0.2) is 54.5 Å². The molecule has 2 amide bonds. The fourth-order valence-corrected chi connectivity index (χ4v) is 4.45. The van der Waals surface area contributed by atoms with Crippen molar-refractivity contribution in [3.8, 4) is 0 Å². The average molecular weight is 350 g/mol. The van der Waals surface area contributed by atoms with E-state index in [4.69, 9.17) is 4.74 Å². The van der Waals surface area contributed by atoms with Crippen molar-refractivity contribution in [3.05, 3.63) is 21.9 Å². The summed E-state index contributed by atoms with van der Waals surface area (Å²) in [5.74, 6) is 0.647. The third-order valence-corrected chi connectivity index (χ3v) is 6.28. The van der Waals surface area contributed by atoms with Crippen LogP contribution < -0.4 is 0 Å². The molecule has 2 aliphatic heterocycles. The smallest absolute Gasteiger partial charge is 0.223 e. The van der Waals surface area contributed by atoms with E-state index in [0.717, 1.165) is 25.9 Å². The quantitative estimate of drug-likeness (QED) is 0.837. The lowest BCUT2D eigenvalue weighted by Crippen LogP contribution is -2.46. The van der Waals surface area contributed by atoms with E-state index < -0.39 is 0 Å². The van der Waals surface area contributed by atoms with Gasteiger partial charge in [-0.2, -0.15) is 0 Å². The van der Waals surface area contributed by atoms with Crippen molar-refractivity contribution in [3.63, 3.8) is 0 Å². The number of carbonyl (C=O) groups excluding carboxylic acids is 2. The first-order valence-electron chi connectivity index (χ1n) is 8.72. The molecule has 0 radical (unpaired) electrons. The zero-order chi connectivity index (χ0) is 17.1. The van der Waals surface area contributed by atoms with Gasteiger partial charge in [0.1, 0.15) is 0 Å². The van der Waals surface area contributed by atoms with Gasteiger partial charge in [-0.3, -0.25) is 9.59 Å². The maximum Gasteiger partial charge on any atom is 0.223 e. The first-order chi connectivity index (χ1) is 11.6. The third-order valence-electron chi connectivity index (χ3n) is 5.26. The molecule has 1 fully saturated rings. The second-order valence-corrected chi connectivity index (χ2v) is 7.81. The zero-order valence-electron chi connectivity index (χ0n) is 14.5. The van der Waals surface area contributed by atoms with Gasteiger partial charge in [-0.1, -0.05) is 6.92 Å². The number of ether oxygens (including phenoxy) is 1. The van der Waals surface area contributed by atoms with Crippen molar-refractivity contribution in [2.24, 2.45) is 5.92 Å². The van der Waals surface area contributed by atoms with Crippen LogP contribution in [0.25, 0.3) is 0 Å². The van der Waals surface area contributed by atoms with Gasteiger partial charge >= 0.3 is 0 Å². The van der Waals surface area contributed by atoms with Crippen LogP contribution in [-0.2, 0) is 27.3 Å². The highest BCUT2D eigenvalue weighted by molar-refractivity contribution is 7.10. The molecule has 0 spiro atoms. The molecule has 132 valence electrons. The van der Waals surface area contributed by atoms with Gasteiger partial charge < -0.3 is 14.5 Å². The molecule has 1 aromatic rings. The van der Waals surface area contributed by atoms with E-state index in [1.165, 1.54) is 10.4 Å². The largest absolute Gasteiger partial charge is 0.379 e. The van der Waals surface area contributed by atoms with Crippen molar-refractivity contribution in [1.29, 1.82) is 0 Å². The number of piperidine rings is 1. The molecule has 2 atom stereocenters. The van der Waals surface area contributed by atoms with Crippen LogP contribution in [0.4, 0.5) is 0 Å². The van der Waals surface area contributed by atoms with Crippen LogP contribution in [0.2, 0.25) is 0 Å². The highest BCUT2D eigenvalue weighted by Gasteiger charge is 2.29. The van der Waals surface area contributed by atoms with Gasteiger partial charge in [0.2, 0.25) is 11.8 Å². The molecule has 1 aromatic heterocycles. The predicted octanol–water partition coefficient (Wildman–Crippen LogP) is 2.30. The summed E-state index contributed by atoms with van der Waals surface area (Å²) in [4.78, 5) is 30.0. The van der Waals surface area contributed by atoms with E-state index in [0.29, 0.717) is 31.8 Å². The molecule has 5 nitrogen and oxygen atoms in total.